The molecule has 1 aromatic heterocycles. The fourth-order valence-corrected chi connectivity index (χ4v) is 5.46. The summed E-state index contributed by atoms with van der Waals surface area (Å²) in [7, 11) is -1.92. The zero-order valence-electron chi connectivity index (χ0n) is 18.6. The highest BCUT2D eigenvalue weighted by atomic mass is 32.2. The maximum absolute atomic E-state index is 13.6. The Hall–Kier alpha value is -3.31. The zero-order chi connectivity index (χ0) is 23.6. The molecule has 5 rings (SSSR count). The van der Waals surface area contributed by atoms with Gasteiger partial charge in [0.15, 0.2) is 0 Å². The second kappa shape index (κ2) is 9.28. The Morgan fingerprint density at radius 1 is 1.12 bits per heavy atom. The molecule has 0 radical (unpaired) electrons. The average Bonchev–Trinajstić information content (AvgIpc) is 3.17. The fraction of sp³-hybridized carbons (Fsp3) is 0.364. The van der Waals surface area contributed by atoms with Gasteiger partial charge in [0.1, 0.15) is 12.4 Å². The lowest BCUT2D eigenvalue weighted by atomic mass is 10.2. The van der Waals surface area contributed by atoms with E-state index in [0.29, 0.717) is 30.1 Å². The highest BCUT2D eigenvalue weighted by Crippen LogP contribution is 2.34. The van der Waals surface area contributed by atoms with Crippen LogP contribution in [0.1, 0.15) is 5.69 Å². The molecule has 3 aromatic rings. The number of carboxylic acid groups (broad SMARTS) is 1. The van der Waals surface area contributed by atoms with Crippen LogP contribution in [-0.2, 0) is 14.8 Å². The number of aromatic nitrogens is 2. The summed E-state index contributed by atoms with van der Waals surface area (Å²) >= 11 is 0. The minimum Gasteiger partial charge on any atom is -0.490 e. The molecule has 11 heteroatoms. The van der Waals surface area contributed by atoms with Crippen molar-refractivity contribution in [1.82, 2.24) is 14.5 Å². The first-order valence-corrected chi connectivity index (χ1v) is 12.1. The summed E-state index contributed by atoms with van der Waals surface area (Å²) in [6.45, 7) is 6.51. The Morgan fingerprint density at radius 3 is 2.58 bits per heavy atom. The molecule has 1 saturated heterocycles. The maximum Gasteiger partial charge on any atom is 0.290 e. The summed E-state index contributed by atoms with van der Waals surface area (Å²) in [6, 6.07) is 10.9. The molecule has 0 atom stereocenters. The molecule has 0 bridgehead atoms. The quantitative estimate of drug-likeness (QED) is 0.546. The molecule has 3 heterocycles. The first kappa shape index (κ1) is 22.9. The minimum atomic E-state index is -3.86. The predicted octanol–water partition coefficient (Wildman–Crippen LogP) is 1.52. The Bertz CT molecular complexity index is 1270. The average molecular weight is 474 g/mol. The lowest BCUT2D eigenvalue weighted by Gasteiger charge is -2.29. The van der Waals surface area contributed by atoms with Gasteiger partial charge in [-0.1, -0.05) is 0 Å². The summed E-state index contributed by atoms with van der Waals surface area (Å²) in [4.78, 5) is 12.8. The number of nitrogens with one attached hydrogen (secondary N) is 1. The molecule has 2 N–H and O–H groups in total. The van der Waals surface area contributed by atoms with E-state index in [2.05, 4.69) is 15.3 Å². The van der Waals surface area contributed by atoms with Crippen LogP contribution in [0.3, 0.4) is 0 Å². The van der Waals surface area contributed by atoms with E-state index in [1.54, 1.807) is 18.2 Å². The number of nitrogens with zero attached hydrogens (tertiary/aromatic N) is 4. The Kier molecular flexibility index (Phi) is 6.43. The first-order chi connectivity index (χ1) is 15.9. The molecule has 2 aliphatic rings. The molecule has 0 spiro atoms. The molecule has 0 saturated carbocycles. The van der Waals surface area contributed by atoms with Crippen molar-refractivity contribution in [3.05, 3.63) is 42.1 Å². The van der Waals surface area contributed by atoms with E-state index < -0.39 is 10.0 Å². The molecular weight excluding hydrogens is 446 g/mol. The number of hydrogen-bond donors (Lipinski definition) is 2. The van der Waals surface area contributed by atoms with Gasteiger partial charge in [-0.15, -0.1) is 0 Å². The summed E-state index contributed by atoms with van der Waals surface area (Å²) in [5, 5.41) is 15.5. The van der Waals surface area contributed by atoms with Gasteiger partial charge in [0.2, 0.25) is 0 Å². The Balaban J connectivity index is 0.000000821. The van der Waals surface area contributed by atoms with E-state index in [-0.39, 0.29) is 11.4 Å². The van der Waals surface area contributed by atoms with E-state index in [9.17, 15) is 8.42 Å². The third-order valence-electron chi connectivity index (χ3n) is 5.85. The first-order valence-electron chi connectivity index (χ1n) is 10.6. The Morgan fingerprint density at radius 2 is 1.85 bits per heavy atom. The van der Waals surface area contributed by atoms with Gasteiger partial charge < -0.3 is 25.0 Å². The summed E-state index contributed by atoms with van der Waals surface area (Å²) in [5.74, 6) is 0.699. The van der Waals surface area contributed by atoms with Gasteiger partial charge in [-0.3, -0.25) is 4.79 Å². The maximum atomic E-state index is 13.6. The highest BCUT2D eigenvalue weighted by Gasteiger charge is 2.26. The van der Waals surface area contributed by atoms with E-state index in [0.717, 1.165) is 42.9 Å². The van der Waals surface area contributed by atoms with Gasteiger partial charge in [-0.2, -0.15) is 17.6 Å². The van der Waals surface area contributed by atoms with Crippen LogP contribution in [0, 0.1) is 6.92 Å². The number of aryl methyl sites for hydroxylation is 1. The lowest BCUT2D eigenvalue weighted by Crippen LogP contribution is -2.43. The van der Waals surface area contributed by atoms with Gasteiger partial charge in [-0.05, 0) is 43.3 Å². The number of benzene rings is 2. The van der Waals surface area contributed by atoms with Crippen molar-refractivity contribution in [3.63, 3.8) is 0 Å². The second-order valence-corrected chi connectivity index (χ2v) is 9.64. The van der Waals surface area contributed by atoms with Crippen LogP contribution in [-0.4, -0.2) is 75.6 Å². The summed E-state index contributed by atoms with van der Waals surface area (Å²) in [6.07, 6.45) is 0. The number of carbonyl (C=O) groups is 1. The Labute approximate surface area is 192 Å². The van der Waals surface area contributed by atoms with Gasteiger partial charge in [0.05, 0.1) is 28.3 Å². The molecule has 176 valence electrons. The minimum absolute atomic E-state index is 0.204. The number of piperazine rings is 1. The van der Waals surface area contributed by atoms with E-state index in [4.69, 9.17) is 14.6 Å². The molecule has 0 amide bonds. The van der Waals surface area contributed by atoms with Crippen LogP contribution in [0.25, 0.3) is 10.9 Å². The van der Waals surface area contributed by atoms with Crippen LogP contribution >= 0.6 is 0 Å². The fourth-order valence-electron chi connectivity index (χ4n) is 4.12. The smallest absolute Gasteiger partial charge is 0.290 e. The molecule has 33 heavy (non-hydrogen) atoms. The van der Waals surface area contributed by atoms with Gasteiger partial charge >= 0.3 is 0 Å². The van der Waals surface area contributed by atoms with Crippen molar-refractivity contribution in [2.45, 2.75) is 11.8 Å². The zero-order valence-corrected chi connectivity index (χ0v) is 19.4. The van der Waals surface area contributed by atoms with Crippen molar-refractivity contribution in [2.75, 3.05) is 56.2 Å². The number of fused-ring (bicyclic) bond motifs is 2. The van der Waals surface area contributed by atoms with Crippen LogP contribution in [0.15, 0.2) is 41.3 Å². The number of likely N-dealkylation sites (N-methyl/N-ethyl adjacent to an activating group) is 1. The molecular formula is C22H27N5O5S. The van der Waals surface area contributed by atoms with Gasteiger partial charge in [0.25, 0.3) is 16.5 Å². The third kappa shape index (κ3) is 4.33. The number of rotatable bonds is 3. The number of anilines is 2. The normalized spacial score (nSPS) is 15.9. The number of hydrogen-bond acceptors (Lipinski definition) is 8. The summed E-state index contributed by atoms with van der Waals surface area (Å²) in [5.41, 5.74) is 3.08. The van der Waals surface area contributed by atoms with Crippen LogP contribution in [0.5, 0.6) is 5.75 Å². The standard InChI is InChI=1S/C21H25N5O3S.CH2O2/c1-15-18-5-3-16(25-9-7-22-8-10-25)13-19(18)26(23-15)30(27,28)17-4-6-21-20(14-17)24(2)11-12-29-21;2-1-3/h3-6,13-14,22H,7-12H2,1-2H3;1H,(H,2,3). The van der Waals surface area contributed by atoms with Crippen molar-refractivity contribution < 1.29 is 23.1 Å². The van der Waals surface area contributed by atoms with Crippen molar-refractivity contribution in [3.8, 4) is 5.75 Å². The largest absolute Gasteiger partial charge is 0.490 e. The molecule has 1 fully saturated rings. The molecule has 10 nitrogen and oxygen atoms in total. The predicted molar refractivity (Wildman–Crippen MR) is 126 cm³/mol. The highest BCUT2D eigenvalue weighted by molar-refractivity contribution is 7.90. The topological polar surface area (TPSA) is 117 Å². The SMILES string of the molecule is Cc1nn(S(=O)(=O)c2ccc3c(c2)N(C)CCO3)c2cc(N3CCNCC3)ccc12.O=CO. The second-order valence-electron chi connectivity index (χ2n) is 7.88. The van der Waals surface area contributed by atoms with Gasteiger partial charge in [-0.25, -0.2) is 0 Å². The van der Waals surface area contributed by atoms with Crippen LogP contribution < -0.4 is 19.9 Å². The van der Waals surface area contributed by atoms with Crippen molar-refractivity contribution in [2.24, 2.45) is 0 Å². The van der Waals surface area contributed by atoms with Crippen molar-refractivity contribution >= 4 is 38.8 Å². The van der Waals surface area contributed by atoms with E-state index in [1.807, 2.05) is 37.1 Å². The molecule has 0 aliphatic carbocycles. The third-order valence-corrected chi connectivity index (χ3v) is 7.43. The van der Waals surface area contributed by atoms with Crippen molar-refractivity contribution in [1.29, 1.82) is 0 Å². The monoisotopic (exact) mass is 473 g/mol. The van der Waals surface area contributed by atoms with Crippen LogP contribution in [0.4, 0.5) is 11.4 Å². The summed E-state index contributed by atoms with van der Waals surface area (Å²) < 4.78 is 33.9. The van der Waals surface area contributed by atoms with Crippen LogP contribution in [0.2, 0.25) is 0 Å². The lowest BCUT2D eigenvalue weighted by molar-refractivity contribution is -0.122. The molecule has 2 aromatic carbocycles. The van der Waals surface area contributed by atoms with E-state index in [1.165, 1.54) is 4.09 Å². The molecule has 0 unspecified atom stereocenters. The number of ether oxygens (including phenoxy) is 1. The van der Waals surface area contributed by atoms with E-state index >= 15 is 0 Å². The van der Waals surface area contributed by atoms with Gasteiger partial charge in [0, 0.05) is 44.3 Å². The molecule has 2 aliphatic heterocycles.